The molecular weight excluding hydrogens is 160 g/mol. The Morgan fingerprint density at radius 2 is 2.36 bits per heavy atom. The monoisotopic (exact) mass is 168 g/mol. The molecule has 0 fully saturated rings. The maximum absolute atomic E-state index is 10.4. The number of nitrogens with two attached hydrogens (primary N) is 1. The third-order valence-corrected chi connectivity index (χ3v) is 1.45. The van der Waals surface area contributed by atoms with Crippen LogP contribution in [0.1, 0.15) is 5.56 Å². The highest BCUT2D eigenvalue weighted by Crippen LogP contribution is 2.03. The van der Waals surface area contributed by atoms with Crippen molar-refractivity contribution in [2.24, 2.45) is 5.73 Å². The average molecular weight is 168 g/mol. The fourth-order valence-corrected chi connectivity index (χ4v) is 0.855. The van der Waals surface area contributed by atoms with Crippen molar-refractivity contribution in [3.63, 3.8) is 0 Å². The standard InChI is InChI=1S/C7H8N2OS/c8-6(10)3-5-1-2-7(11)9-4-5/h1-2,4H,3H2,(H2,8,10)(H,9,11). The summed E-state index contributed by atoms with van der Waals surface area (Å²) in [5, 5.41) is 0.637. The van der Waals surface area contributed by atoms with Gasteiger partial charge in [0.15, 0.2) is 0 Å². The van der Waals surface area contributed by atoms with E-state index in [1.807, 2.05) is 0 Å². The molecule has 58 valence electrons. The number of carbonyl (C=O) groups excluding carboxylic acids is 1. The zero-order valence-electron chi connectivity index (χ0n) is 5.82. The number of rotatable bonds is 2. The minimum Gasteiger partial charge on any atom is -0.369 e. The van der Waals surface area contributed by atoms with Gasteiger partial charge in [0, 0.05) is 6.20 Å². The smallest absolute Gasteiger partial charge is 0.221 e. The molecule has 0 aliphatic rings. The number of nitrogens with zero attached hydrogens (tertiary/aromatic N) is 1. The molecule has 0 aromatic carbocycles. The lowest BCUT2D eigenvalue weighted by Crippen LogP contribution is -2.13. The summed E-state index contributed by atoms with van der Waals surface area (Å²) < 4.78 is 0. The SMILES string of the molecule is NC(=O)Cc1ccc(S)nc1. The van der Waals surface area contributed by atoms with Crippen LogP contribution in [-0.4, -0.2) is 10.9 Å². The molecule has 0 spiro atoms. The quantitative estimate of drug-likeness (QED) is 0.628. The number of primary amides is 1. The predicted molar refractivity (Wildman–Crippen MR) is 44.4 cm³/mol. The first-order valence-corrected chi connectivity index (χ1v) is 3.55. The lowest BCUT2D eigenvalue weighted by molar-refractivity contribution is -0.117. The second kappa shape index (κ2) is 3.39. The molecule has 1 aromatic rings. The minimum atomic E-state index is -0.348. The van der Waals surface area contributed by atoms with Crippen LogP contribution in [-0.2, 0) is 11.2 Å². The van der Waals surface area contributed by atoms with Gasteiger partial charge in [0.2, 0.25) is 5.91 Å². The number of pyridine rings is 1. The molecule has 3 nitrogen and oxygen atoms in total. The summed E-state index contributed by atoms with van der Waals surface area (Å²) in [5.74, 6) is -0.348. The molecule has 1 rings (SSSR count). The van der Waals surface area contributed by atoms with E-state index >= 15 is 0 Å². The van der Waals surface area contributed by atoms with Crippen molar-refractivity contribution in [3.05, 3.63) is 23.9 Å². The number of hydrogen-bond donors (Lipinski definition) is 2. The summed E-state index contributed by atoms with van der Waals surface area (Å²) in [6.07, 6.45) is 1.83. The van der Waals surface area contributed by atoms with Gasteiger partial charge in [-0.15, -0.1) is 12.6 Å². The van der Waals surface area contributed by atoms with Crippen molar-refractivity contribution in [1.82, 2.24) is 4.98 Å². The normalized spacial score (nSPS) is 9.55. The highest BCUT2D eigenvalue weighted by molar-refractivity contribution is 7.80. The van der Waals surface area contributed by atoms with Crippen LogP contribution in [0, 0.1) is 0 Å². The summed E-state index contributed by atoms with van der Waals surface area (Å²) in [5.41, 5.74) is 5.79. The van der Waals surface area contributed by atoms with Crippen LogP contribution in [0.4, 0.5) is 0 Å². The minimum absolute atomic E-state index is 0.237. The largest absolute Gasteiger partial charge is 0.369 e. The summed E-state index contributed by atoms with van der Waals surface area (Å²) in [7, 11) is 0. The van der Waals surface area contributed by atoms with Gasteiger partial charge in [0.25, 0.3) is 0 Å². The molecule has 0 bridgehead atoms. The van der Waals surface area contributed by atoms with Crippen LogP contribution in [0.3, 0.4) is 0 Å². The molecular formula is C7H8N2OS. The van der Waals surface area contributed by atoms with E-state index in [0.29, 0.717) is 5.03 Å². The molecule has 1 aromatic heterocycles. The predicted octanol–water partition coefficient (Wildman–Crippen LogP) is 0.398. The number of amides is 1. The summed E-state index contributed by atoms with van der Waals surface area (Å²) >= 11 is 4.00. The van der Waals surface area contributed by atoms with E-state index in [1.165, 1.54) is 0 Å². The van der Waals surface area contributed by atoms with Crippen molar-refractivity contribution in [2.45, 2.75) is 11.4 Å². The zero-order chi connectivity index (χ0) is 8.27. The Hall–Kier alpha value is -1.03. The van der Waals surface area contributed by atoms with Crippen molar-refractivity contribution >= 4 is 18.5 Å². The molecule has 4 heteroatoms. The topological polar surface area (TPSA) is 56.0 Å². The fourth-order valence-electron chi connectivity index (χ4n) is 0.722. The van der Waals surface area contributed by atoms with Gasteiger partial charge in [-0.05, 0) is 11.6 Å². The second-order valence-corrected chi connectivity index (χ2v) is 2.63. The van der Waals surface area contributed by atoms with Gasteiger partial charge in [-0.2, -0.15) is 0 Å². The van der Waals surface area contributed by atoms with E-state index < -0.39 is 0 Å². The maximum Gasteiger partial charge on any atom is 0.221 e. The van der Waals surface area contributed by atoms with Gasteiger partial charge in [-0.25, -0.2) is 4.98 Å². The van der Waals surface area contributed by atoms with Gasteiger partial charge in [-0.3, -0.25) is 4.79 Å². The highest BCUT2D eigenvalue weighted by atomic mass is 32.1. The maximum atomic E-state index is 10.4. The van der Waals surface area contributed by atoms with E-state index in [9.17, 15) is 4.79 Å². The van der Waals surface area contributed by atoms with Crippen molar-refractivity contribution in [1.29, 1.82) is 0 Å². The Morgan fingerprint density at radius 3 is 2.82 bits per heavy atom. The van der Waals surface area contributed by atoms with Gasteiger partial charge in [0.05, 0.1) is 11.4 Å². The zero-order valence-corrected chi connectivity index (χ0v) is 6.71. The first-order valence-electron chi connectivity index (χ1n) is 3.10. The van der Waals surface area contributed by atoms with Gasteiger partial charge in [-0.1, -0.05) is 6.07 Å². The third kappa shape index (κ3) is 2.59. The van der Waals surface area contributed by atoms with Crippen LogP contribution in [0.25, 0.3) is 0 Å². The van der Waals surface area contributed by atoms with Crippen LogP contribution in [0.15, 0.2) is 23.4 Å². The number of aromatic nitrogens is 1. The molecule has 0 saturated carbocycles. The van der Waals surface area contributed by atoms with E-state index in [1.54, 1.807) is 18.3 Å². The molecule has 0 atom stereocenters. The molecule has 1 heterocycles. The Kier molecular flexibility index (Phi) is 2.48. The third-order valence-electron chi connectivity index (χ3n) is 1.19. The average Bonchev–Trinajstić information content (AvgIpc) is 1.93. The van der Waals surface area contributed by atoms with Crippen molar-refractivity contribution in [2.75, 3.05) is 0 Å². The Labute approximate surface area is 70.0 Å². The molecule has 0 unspecified atom stereocenters. The Bertz CT molecular complexity index is 258. The number of thiol groups is 1. The highest BCUT2D eigenvalue weighted by Gasteiger charge is 1.97. The van der Waals surface area contributed by atoms with Gasteiger partial charge >= 0.3 is 0 Å². The molecule has 2 N–H and O–H groups in total. The van der Waals surface area contributed by atoms with Gasteiger partial charge < -0.3 is 5.73 Å². The Morgan fingerprint density at radius 1 is 1.64 bits per heavy atom. The summed E-state index contributed by atoms with van der Waals surface area (Å²) in [6.45, 7) is 0. The molecule has 1 amide bonds. The molecule has 0 aliphatic carbocycles. The van der Waals surface area contributed by atoms with E-state index in [-0.39, 0.29) is 12.3 Å². The summed E-state index contributed by atoms with van der Waals surface area (Å²) in [4.78, 5) is 14.3. The molecule has 0 saturated heterocycles. The number of hydrogen-bond acceptors (Lipinski definition) is 3. The van der Waals surface area contributed by atoms with Crippen LogP contribution < -0.4 is 5.73 Å². The van der Waals surface area contributed by atoms with Gasteiger partial charge in [0.1, 0.15) is 0 Å². The Balaban J connectivity index is 2.74. The van der Waals surface area contributed by atoms with E-state index in [0.717, 1.165) is 5.56 Å². The van der Waals surface area contributed by atoms with E-state index in [2.05, 4.69) is 17.6 Å². The lowest BCUT2D eigenvalue weighted by Gasteiger charge is -1.95. The molecule has 0 radical (unpaired) electrons. The summed E-state index contributed by atoms with van der Waals surface area (Å²) in [6, 6.07) is 3.50. The molecule has 11 heavy (non-hydrogen) atoms. The van der Waals surface area contributed by atoms with Crippen LogP contribution >= 0.6 is 12.6 Å². The lowest BCUT2D eigenvalue weighted by atomic mass is 10.2. The van der Waals surface area contributed by atoms with Crippen LogP contribution in [0.5, 0.6) is 0 Å². The van der Waals surface area contributed by atoms with Crippen LogP contribution in [0.2, 0.25) is 0 Å². The van der Waals surface area contributed by atoms with E-state index in [4.69, 9.17) is 5.73 Å². The van der Waals surface area contributed by atoms with Crippen molar-refractivity contribution < 1.29 is 4.79 Å². The first kappa shape index (κ1) is 8.07. The second-order valence-electron chi connectivity index (χ2n) is 2.17. The number of carbonyl (C=O) groups is 1. The first-order chi connectivity index (χ1) is 5.18. The molecule has 0 aliphatic heterocycles. The van der Waals surface area contributed by atoms with Crippen molar-refractivity contribution in [3.8, 4) is 0 Å². The fraction of sp³-hybridized carbons (Fsp3) is 0.143.